The summed E-state index contributed by atoms with van der Waals surface area (Å²) in [5.41, 5.74) is 6.07. The summed E-state index contributed by atoms with van der Waals surface area (Å²) in [4.78, 5) is 27.3. The summed E-state index contributed by atoms with van der Waals surface area (Å²) in [7, 11) is 0. The van der Waals surface area contributed by atoms with Crippen LogP contribution >= 0.6 is 27.3 Å². The summed E-state index contributed by atoms with van der Waals surface area (Å²) >= 11 is 5.16. The van der Waals surface area contributed by atoms with Gasteiger partial charge in [0.25, 0.3) is 5.91 Å². The molecule has 1 aliphatic rings. The zero-order valence-corrected chi connectivity index (χ0v) is 21.8. The summed E-state index contributed by atoms with van der Waals surface area (Å²) in [5.74, 6) is -0.149. The van der Waals surface area contributed by atoms with Gasteiger partial charge in [0.1, 0.15) is 12.4 Å². The maximum absolute atomic E-state index is 13.9. The molecule has 5 aromatic rings. The van der Waals surface area contributed by atoms with Gasteiger partial charge in [-0.15, -0.1) is 0 Å². The van der Waals surface area contributed by atoms with Gasteiger partial charge in [-0.2, -0.15) is 0 Å². The minimum absolute atomic E-state index is 0.149. The van der Waals surface area contributed by atoms with E-state index >= 15 is 0 Å². The largest absolute Gasteiger partial charge is 0.323 e. The fourth-order valence-electron chi connectivity index (χ4n) is 4.39. The van der Waals surface area contributed by atoms with Crippen LogP contribution < -0.4 is 9.80 Å². The third kappa shape index (κ3) is 4.10. The number of anilines is 3. The number of aryl methyl sites for hydroxylation is 1. The first-order valence-corrected chi connectivity index (χ1v) is 13.1. The Hall–Kier alpha value is -3.81. The number of fused-ring (bicyclic) bond motifs is 2. The van der Waals surface area contributed by atoms with E-state index in [1.54, 1.807) is 4.90 Å². The number of hydrogen-bond acceptors (Lipinski definition) is 5. The standard InChI is InChI=1S/C29H21BrN4OS/c1-19-15-16-23-25(17-19)36-29(31-23)32-27-26-22(30)13-8-14-24(26)34(28(27)35)18-33(20-9-4-2-5-10-20)21-11-6-3-7-12-21/h2-17H,18H2,1H3/b32-27-. The zero-order valence-electron chi connectivity index (χ0n) is 19.4. The molecular weight excluding hydrogens is 532 g/mol. The number of aromatic nitrogens is 1. The molecule has 176 valence electrons. The topological polar surface area (TPSA) is 48.8 Å². The number of carbonyl (C=O) groups is 1. The summed E-state index contributed by atoms with van der Waals surface area (Å²) in [6.45, 7) is 2.40. The number of carbonyl (C=O) groups excluding carboxylic acids is 1. The van der Waals surface area contributed by atoms with Crippen LogP contribution in [0.15, 0.2) is 107 Å². The molecule has 5 nitrogen and oxygen atoms in total. The van der Waals surface area contributed by atoms with E-state index in [4.69, 9.17) is 4.99 Å². The van der Waals surface area contributed by atoms with Crippen molar-refractivity contribution in [2.75, 3.05) is 16.5 Å². The molecule has 0 aliphatic carbocycles. The monoisotopic (exact) mass is 552 g/mol. The lowest BCUT2D eigenvalue weighted by Crippen LogP contribution is -2.39. The second kappa shape index (κ2) is 9.33. The van der Waals surface area contributed by atoms with Crippen molar-refractivity contribution in [3.63, 3.8) is 0 Å². The highest BCUT2D eigenvalue weighted by molar-refractivity contribution is 9.10. The molecule has 0 fully saturated rings. The number of thiazole rings is 1. The molecule has 0 spiro atoms. The quantitative estimate of drug-likeness (QED) is 0.225. The lowest BCUT2D eigenvalue weighted by molar-refractivity contribution is -0.112. The second-order valence-corrected chi connectivity index (χ2v) is 10.4. The van der Waals surface area contributed by atoms with Gasteiger partial charge in [0.15, 0.2) is 0 Å². The van der Waals surface area contributed by atoms with E-state index in [-0.39, 0.29) is 5.91 Å². The molecule has 1 amide bonds. The van der Waals surface area contributed by atoms with Crippen molar-refractivity contribution in [1.82, 2.24) is 4.98 Å². The van der Waals surface area contributed by atoms with E-state index in [0.717, 1.165) is 37.3 Å². The highest BCUT2D eigenvalue weighted by Crippen LogP contribution is 2.38. The smallest absolute Gasteiger partial charge is 0.279 e. The SMILES string of the molecule is Cc1ccc2nc(/N=C3\C(=O)N(CN(c4ccccc4)c4ccccc4)c4cccc(Br)c43)sc2c1. The van der Waals surface area contributed by atoms with Gasteiger partial charge in [0, 0.05) is 21.4 Å². The molecule has 0 radical (unpaired) electrons. The van der Waals surface area contributed by atoms with Gasteiger partial charge in [-0.1, -0.05) is 75.8 Å². The van der Waals surface area contributed by atoms with Crippen molar-refractivity contribution in [3.05, 3.63) is 113 Å². The number of para-hydroxylation sites is 2. The summed E-state index contributed by atoms with van der Waals surface area (Å²) in [6, 6.07) is 32.2. The molecule has 0 unspecified atom stereocenters. The molecule has 1 aliphatic heterocycles. The van der Waals surface area contributed by atoms with Crippen molar-refractivity contribution in [2.45, 2.75) is 6.92 Å². The van der Waals surface area contributed by atoms with Crippen LogP contribution in [-0.4, -0.2) is 23.3 Å². The van der Waals surface area contributed by atoms with Gasteiger partial charge in [0.05, 0.1) is 15.9 Å². The first kappa shape index (κ1) is 22.6. The van der Waals surface area contributed by atoms with Crippen LogP contribution in [0, 0.1) is 6.92 Å². The number of benzene rings is 4. The molecule has 7 heteroatoms. The van der Waals surface area contributed by atoms with Crippen molar-refractivity contribution < 1.29 is 4.79 Å². The number of hydrogen-bond donors (Lipinski definition) is 0. The van der Waals surface area contributed by atoms with E-state index in [2.05, 4.69) is 38.8 Å². The van der Waals surface area contributed by atoms with Crippen LogP contribution in [0.4, 0.5) is 22.2 Å². The summed E-state index contributed by atoms with van der Waals surface area (Å²) < 4.78 is 1.89. The van der Waals surface area contributed by atoms with Gasteiger partial charge >= 0.3 is 0 Å². The molecule has 2 heterocycles. The molecule has 6 rings (SSSR count). The van der Waals surface area contributed by atoms with E-state index in [1.807, 2.05) is 91.0 Å². The van der Waals surface area contributed by atoms with Gasteiger partial charge in [-0.05, 0) is 61.0 Å². The minimum Gasteiger partial charge on any atom is -0.323 e. The van der Waals surface area contributed by atoms with Crippen molar-refractivity contribution in [3.8, 4) is 0 Å². The van der Waals surface area contributed by atoms with Gasteiger partial charge < -0.3 is 4.90 Å². The average molecular weight is 553 g/mol. The Morgan fingerprint density at radius 3 is 2.31 bits per heavy atom. The van der Waals surface area contributed by atoms with Crippen molar-refractivity contribution in [1.29, 1.82) is 0 Å². The van der Waals surface area contributed by atoms with Gasteiger partial charge in [-0.25, -0.2) is 9.98 Å². The number of rotatable bonds is 5. The van der Waals surface area contributed by atoms with Crippen LogP contribution in [0.3, 0.4) is 0 Å². The first-order valence-electron chi connectivity index (χ1n) is 11.5. The molecule has 1 aromatic heterocycles. The van der Waals surface area contributed by atoms with Gasteiger partial charge in [0.2, 0.25) is 5.13 Å². The Kier molecular flexibility index (Phi) is 5.87. The van der Waals surface area contributed by atoms with E-state index < -0.39 is 0 Å². The molecule has 0 atom stereocenters. The molecular formula is C29H21BrN4OS. The summed E-state index contributed by atoms with van der Waals surface area (Å²) in [5, 5.41) is 0.575. The number of halogens is 1. The summed E-state index contributed by atoms with van der Waals surface area (Å²) in [6.07, 6.45) is 0. The molecule has 0 saturated heterocycles. The third-order valence-electron chi connectivity index (χ3n) is 6.13. The Labute approximate surface area is 221 Å². The number of amides is 1. The lowest BCUT2D eigenvalue weighted by atomic mass is 10.1. The Balaban J connectivity index is 1.44. The highest BCUT2D eigenvalue weighted by Gasteiger charge is 2.37. The van der Waals surface area contributed by atoms with Crippen molar-refractivity contribution in [2.24, 2.45) is 4.99 Å². The maximum Gasteiger partial charge on any atom is 0.279 e. The molecule has 0 saturated carbocycles. The van der Waals surface area contributed by atoms with Crippen LogP contribution in [0.2, 0.25) is 0 Å². The lowest BCUT2D eigenvalue weighted by Gasteiger charge is -2.30. The van der Waals surface area contributed by atoms with Crippen LogP contribution in [0.1, 0.15) is 11.1 Å². The van der Waals surface area contributed by atoms with Crippen molar-refractivity contribution >= 4 is 71.3 Å². The maximum atomic E-state index is 13.9. The molecule has 0 bridgehead atoms. The number of nitrogens with zero attached hydrogens (tertiary/aromatic N) is 4. The van der Waals surface area contributed by atoms with Crippen LogP contribution in [0.25, 0.3) is 10.2 Å². The first-order chi connectivity index (χ1) is 17.6. The second-order valence-electron chi connectivity index (χ2n) is 8.54. The van der Waals surface area contributed by atoms with Crippen LogP contribution in [-0.2, 0) is 4.79 Å². The highest BCUT2D eigenvalue weighted by atomic mass is 79.9. The van der Waals surface area contributed by atoms with E-state index in [9.17, 15) is 4.79 Å². The minimum atomic E-state index is -0.149. The Morgan fingerprint density at radius 1 is 0.917 bits per heavy atom. The zero-order chi connectivity index (χ0) is 24.6. The predicted octanol–water partition coefficient (Wildman–Crippen LogP) is 7.63. The third-order valence-corrected chi connectivity index (χ3v) is 7.70. The normalized spacial score (nSPS) is 14.0. The fourth-order valence-corrected chi connectivity index (χ4v) is 5.88. The molecule has 0 N–H and O–H groups in total. The van der Waals surface area contributed by atoms with Crippen LogP contribution in [0.5, 0.6) is 0 Å². The fraction of sp³-hybridized carbons (Fsp3) is 0.0690. The molecule has 4 aromatic carbocycles. The average Bonchev–Trinajstić information content (AvgIpc) is 3.42. The van der Waals surface area contributed by atoms with Gasteiger partial charge in [-0.3, -0.25) is 9.69 Å². The number of aliphatic imine (C=N–C) groups is 1. The Morgan fingerprint density at radius 2 is 1.61 bits per heavy atom. The van der Waals surface area contributed by atoms with E-state index in [1.165, 1.54) is 16.9 Å². The molecule has 36 heavy (non-hydrogen) atoms. The predicted molar refractivity (Wildman–Crippen MR) is 152 cm³/mol. The van der Waals surface area contributed by atoms with E-state index in [0.29, 0.717) is 17.5 Å². The Bertz CT molecular complexity index is 1580.